The summed E-state index contributed by atoms with van der Waals surface area (Å²) in [7, 11) is 0. The molecule has 0 radical (unpaired) electrons. The van der Waals surface area contributed by atoms with Gasteiger partial charge >= 0.3 is 0 Å². The van der Waals surface area contributed by atoms with E-state index in [-0.39, 0.29) is 12.6 Å². The van der Waals surface area contributed by atoms with E-state index in [0.29, 0.717) is 19.1 Å². The molecule has 1 fully saturated rings. The van der Waals surface area contributed by atoms with Gasteiger partial charge in [0.1, 0.15) is 11.6 Å². The maximum absolute atomic E-state index is 9.09. The van der Waals surface area contributed by atoms with Crippen molar-refractivity contribution in [1.82, 2.24) is 19.7 Å². The van der Waals surface area contributed by atoms with Crippen LogP contribution in [0.15, 0.2) is 12.3 Å². The van der Waals surface area contributed by atoms with E-state index >= 15 is 0 Å². The van der Waals surface area contributed by atoms with Crippen molar-refractivity contribution >= 4 is 17.6 Å². The van der Waals surface area contributed by atoms with Crippen LogP contribution in [-0.4, -0.2) is 37.5 Å². The van der Waals surface area contributed by atoms with Crippen LogP contribution in [0, 0.1) is 0 Å². The Hall–Kier alpha value is -2.35. The molecule has 0 amide bonds. The summed E-state index contributed by atoms with van der Waals surface area (Å²) in [5, 5.41) is 16.8. The fraction of sp³-hybridized carbons (Fsp3) is 0.500. The Bertz CT molecular complexity index is 694. The molecule has 116 valence electrons. The van der Waals surface area contributed by atoms with Crippen molar-refractivity contribution in [3.05, 3.63) is 23.5 Å². The normalized spacial score (nSPS) is 16.9. The van der Waals surface area contributed by atoms with Crippen molar-refractivity contribution in [3.63, 3.8) is 0 Å². The Kier molecular flexibility index (Phi) is 3.11. The smallest absolute Gasteiger partial charge is 0.223 e. The summed E-state index contributed by atoms with van der Waals surface area (Å²) in [5.74, 6) is 1.90. The quantitative estimate of drug-likeness (QED) is 0.731. The summed E-state index contributed by atoms with van der Waals surface area (Å²) >= 11 is 0. The number of aliphatic hydroxyl groups is 1. The highest BCUT2D eigenvalue weighted by atomic mass is 16.3. The lowest BCUT2D eigenvalue weighted by atomic mass is 10.3. The van der Waals surface area contributed by atoms with Gasteiger partial charge in [-0.05, 0) is 12.8 Å². The number of fused-ring (bicyclic) bond motifs is 1. The molecule has 8 nitrogen and oxygen atoms in total. The summed E-state index contributed by atoms with van der Waals surface area (Å²) in [4.78, 5) is 10.8. The molecule has 22 heavy (non-hydrogen) atoms. The number of nitrogens with two attached hydrogens (primary N) is 1. The maximum atomic E-state index is 9.09. The van der Waals surface area contributed by atoms with Crippen molar-refractivity contribution in [2.75, 3.05) is 22.6 Å². The first kappa shape index (κ1) is 13.3. The average Bonchev–Trinajstić information content (AvgIpc) is 3.07. The second kappa shape index (κ2) is 5.13. The largest absolute Gasteiger partial charge is 0.394 e. The Morgan fingerprint density at radius 2 is 2.18 bits per heavy atom. The van der Waals surface area contributed by atoms with Crippen LogP contribution in [0.4, 0.5) is 17.6 Å². The van der Waals surface area contributed by atoms with E-state index in [4.69, 9.17) is 10.8 Å². The van der Waals surface area contributed by atoms with Crippen LogP contribution in [0.3, 0.4) is 0 Å². The van der Waals surface area contributed by atoms with Gasteiger partial charge in [-0.25, -0.2) is 0 Å². The molecular formula is C14H19N7O. The molecule has 0 saturated heterocycles. The van der Waals surface area contributed by atoms with Crippen LogP contribution < -0.4 is 16.0 Å². The van der Waals surface area contributed by atoms with E-state index < -0.39 is 0 Å². The number of nitrogens with zero attached hydrogens (tertiary/aromatic N) is 5. The molecule has 2 aromatic rings. The Morgan fingerprint density at radius 1 is 1.32 bits per heavy atom. The Balaban J connectivity index is 1.56. The third-order valence-electron chi connectivity index (χ3n) is 4.03. The summed E-state index contributed by atoms with van der Waals surface area (Å²) < 4.78 is 1.85. The van der Waals surface area contributed by atoms with Gasteiger partial charge < -0.3 is 21.1 Å². The van der Waals surface area contributed by atoms with Crippen LogP contribution in [-0.2, 0) is 19.6 Å². The first-order valence-corrected chi connectivity index (χ1v) is 7.53. The van der Waals surface area contributed by atoms with E-state index in [1.807, 2.05) is 16.9 Å². The zero-order valence-corrected chi connectivity index (χ0v) is 12.2. The highest BCUT2D eigenvalue weighted by molar-refractivity contribution is 5.55. The molecule has 0 unspecified atom stereocenters. The molecule has 0 atom stereocenters. The number of aliphatic hydroxyl groups excluding tert-OH is 1. The number of nitrogen functional groups attached to an aromatic ring is 1. The van der Waals surface area contributed by atoms with Crippen molar-refractivity contribution in [2.24, 2.45) is 0 Å². The molecule has 1 aliphatic carbocycles. The topological polar surface area (TPSA) is 105 Å². The molecule has 8 heteroatoms. The molecule has 4 rings (SSSR count). The van der Waals surface area contributed by atoms with Gasteiger partial charge in [0.2, 0.25) is 5.95 Å². The summed E-state index contributed by atoms with van der Waals surface area (Å²) in [6.07, 6.45) is 4.23. The lowest BCUT2D eigenvalue weighted by Gasteiger charge is -2.18. The number of rotatable bonds is 5. The van der Waals surface area contributed by atoms with E-state index in [1.165, 1.54) is 18.4 Å². The molecule has 1 saturated carbocycles. The maximum Gasteiger partial charge on any atom is 0.223 e. The van der Waals surface area contributed by atoms with Gasteiger partial charge in [-0.1, -0.05) is 0 Å². The first-order valence-electron chi connectivity index (χ1n) is 7.53. The first-order chi connectivity index (χ1) is 10.7. The van der Waals surface area contributed by atoms with E-state index in [0.717, 1.165) is 23.9 Å². The highest BCUT2D eigenvalue weighted by Gasteiger charge is 2.26. The predicted molar refractivity (Wildman–Crippen MR) is 82.3 cm³/mol. The molecule has 2 aliphatic rings. The predicted octanol–water partition coefficient (Wildman–Crippen LogP) is 0.342. The molecule has 0 aromatic carbocycles. The fourth-order valence-electron chi connectivity index (χ4n) is 2.78. The van der Waals surface area contributed by atoms with Crippen molar-refractivity contribution in [1.29, 1.82) is 0 Å². The van der Waals surface area contributed by atoms with Gasteiger partial charge in [-0.15, -0.1) is 0 Å². The number of nitrogens with one attached hydrogen (secondary N) is 1. The SMILES string of the molecule is Nc1nc(NC2CC2)cc(N2Cc3cnn(CCO)c3C2)n1. The van der Waals surface area contributed by atoms with Crippen LogP contribution in [0.1, 0.15) is 24.1 Å². The van der Waals surface area contributed by atoms with Gasteiger partial charge in [-0.3, -0.25) is 4.68 Å². The summed E-state index contributed by atoms with van der Waals surface area (Å²) in [6, 6.07) is 2.47. The monoisotopic (exact) mass is 301 g/mol. The standard InChI is InChI=1S/C14H19N7O/c15-14-18-12(17-10-1-2-10)5-13(19-14)20-7-9-6-16-21(3-4-22)11(9)8-20/h5-6,10,22H,1-4,7-8H2,(H3,15,17,18,19). The molecule has 0 bridgehead atoms. The van der Waals surface area contributed by atoms with Gasteiger partial charge in [0.05, 0.1) is 31.6 Å². The van der Waals surface area contributed by atoms with Crippen molar-refractivity contribution < 1.29 is 5.11 Å². The third-order valence-corrected chi connectivity index (χ3v) is 4.03. The van der Waals surface area contributed by atoms with Gasteiger partial charge in [0, 0.05) is 24.2 Å². The number of hydrogen-bond acceptors (Lipinski definition) is 7. The van der Waals surface area contributed by atoms with Crippen LogP contribution >= 0.6 is 0 Å². The second-order valence-electron chi connectivity index (χ2n) is 5.81. The van der Waals surface area contributed by atoms with Gasteiger partial charge in [-0.2, -0.15) is 15.1 Å². The minimum atomic E-state index is 0.0873. The molecule has 1 aliphatic heterocycles. The average molecular weight is 301 g/mol. The summed E-state index contributed by atoms with van der Waals surface area (Å²) in [6.45, 7) is 2.07. The van der Waals surface area contributed by atoms with Gasteiger partial charge in [0.15, 0.2) is 0 Å². The highest BCUT2D eigenvalue weighted by Crippen LogP contribution is 2.30. The van der Waals surface area contributed by atoms with E-state index in [9.17, 15) is 0 Å². The minimum Gasteiger partial charge on any atom is -0.394 e. The zero-order valence-electron chi connectivity index (χ0n) is 12.2. The minimum absolute atomic E-state index is 0.0873. The van der Waals surface area contributed by atoms with E-state index in [2.05, 4.69) is 25.3 Å². The molecular weight excluding hydrogens is 282 g/mol. The lowest BCUT2D eigenvalue weighted by molar-refractivity contribution is 0.267. The lowest BCUT2D eigenvalue weighted by Crippen LogP contribution is -2.20. The number of anilines is 3. The molecule has 4 N–H and O–H groups in total. The Morgan fingerprint density at radius 3 is 2.95 bits per heavy atom. The Labute approximate surface area is 128 Å². The zero-order chi connectivity index (χ0) is 15.1. The van der Waals surface area contributed by atoms with Gasteiger partial charge in [0.25, 0.3) is 0 Å². The van der Waals surface area contributed by atoms with Crippen molar-refractivity contribution in [3.8, 4) is 0 Å². The second-order valence-corrected chi connectivity index (χ2v) is 5.81. The van der Waals surface area contributed by atoms with Crippen LogP contribution in [0.25, 0.3) is 0 Å². The molecule has 2 aromatic heterocycles. The third kappa shape index (κ3) is 2.45. The summed E-state index contributed by atoms with van der Waals surface area (Å²) in [5.41, 5.74) is 8.14. The molecule has 3 heterocycles. The number of hydrogen-bond donors (Lipinski definition) is 3. The van der Waals surface area contributed by atoms with Crippen molar-refractivity contribution in [2.45, 2.75) is 38.5 Å². The van der Waals surface area contributed by atoms with Crippen LogP contribution in [0.2, 0.25) is 0 Å². The molecule has 0 spiro atoms. The van der Waals surface area contributed by atoms with Crippen LogP contribution in [0.5, 0.6) is 0 Å². The fourth-order valence-corrected chi connectivity index (χ4v) is 2.78. The number of aromatic nitrogens is 4. The van der Waals surface area contributed by atoms with E-state index in [1.54, 1.807) is 0 Å².